The quantitative estimate of drug-likeness (QED) is 0.513. The van der Waals surface area contributed by atoms with E-state index in [1.54, 1.807) is 0 Å². The number of fused-ring (bicyclic) bond motifs is 1. The Labute approximate surface area is 60.4 Å². The molecule has 0 aromatic heterocycles. The molecule has 0 spiro atoms. The first-order chi connectivity index (χ1) is 4.88. The van der Waals surface area contributed by atoms with Crippen LogP contribution in [0.25, 0.3) is 0 Å². The molecule has 1 aromatic rings. The highest BCUT2D eigenvalue weighted by atomic mass is 14.8. The van der Waals surface area contributed by atoms with Crippen molar-refractivity contribution in [3.63, 3.8) is 0 Å². The third-order valence-corrected chi connectivity index (χ3v) is 1.86. The minimum Gasteiger partial charge on any atom is -0.260 e. The first-order valence-corrected chi connectivity index (χ1v) is 3.51. The van der Waals surface area contributed by atoms with E-state index in [0.29, 0.717) is 5.92 Å². The van der Waals surface area contributed by atoms with E-state index in [0.717, 1.165) is 5.69 Å². The van der Waals surface area contributed by atoms with Gasteiger partial charge < -0.3 is 0 Å². The summed E-state index contributed by atoms with van der Waals surface area (Å²) in [7, 11) is 0. The number of hydrogen-bond acceptors (Lipinski definition) is 1. The molecular formula is C9H9N. The second-order valence-corrected chi connectivity index (χ2v) is 2.63. The maximum Gasteiger partial charge on any atom is 0.0664 e. The van der Waals surface area contributed by atoms with Crippen LogP contribution in [0.15, 0.2) is 29.3 Å². The molecule has 1 aliphatic heterocycles. The van der Waals surface area contributed by atoms with Crippen molar-refractivity contribution >= 4 is 11.9 Å². The fourth-order valence-electron chi connectivity index (χ4n) is 1.26. The normalized spacial score (nSPS) is 21.1. The number of nitrogens with zero attached hydrogens (tertiary/aromatic N) is 1. The Morgan fingerprint density at radius 2 is 2.10 bits per heavy atom. The van der Waals surface area contributed by atoms with Gasteiger partial charge in [-0.15, -0.1) is 0 Å². The van der Waals surface area contributed by atoms with Crippen LogP contribution in [-0.4, -0.2) is 6.21 Å². The molecule has 1 heteroatoms. The van der Waals surface area contributed by atoms with Gasteiger partial charge in [0.15, 0.2) is 0 Å². The topological polar surface area (TPSA) is 12.4 Å². The molecule has 1 aromatic carbocycles. The first kappa shape index (κ1) is 5.66. The van der Waals surface area contributed by atoms with Crippen LogP contribution in [0.3, 0.4) is 0 Å². The van der Waals surface area contributed by atoms with Gasteiger partial charge in [-0.3, -0.25) is 4.99 Å². The Kier molecular flexibility index (Phi) is 1.10. The lowest BCUT2D eigenvalue weighted by molar-refractivity contribution is 1.08. The lowest BCUT2D eigenvalue weighted by Crippen LogP contribution is -1.86. The van der Waals surface area contributed by atoms with Crippen molar-refractivity contribution in [1.82, 2.24) is 0 Å². The zero-order chi connectivity index (χ0) is 6.97. The van der Waals surface area contributed by atoms with Crippen LogP contribution in [-0.2, 0) is 0 Å². The summed E-state index contributed by atoms with van der Waals surface area (Å²) in [5, 5.41) is 0. The number of para-hydroxylation sites is 1. The summed E-state index contributed by atoms with van der Waals surface area (Å²) in [6, 6.07) is 8.26. The van der Waals surface area contributed by atoms with Gasteiger partial charge in [0.05, 0.1) is 5.69 Å². The molecule has 0 N–H and O–H groups in total. The second-order valence-electron chi connectivity index (χ2n) is 2.63. The van der Waals surface area contributed by atoms with Gasteiger partial charge >= 0.3 is 0 Å². The standard InChI is InChI=1S/C9H9N/c1-7-6-10-9-5-3-2-4-8(7)9/h2-7H,1H3/t7-/m0/s1. The molecule has 0 radical (unpaired) electrons. The van der Waals surface area contributed by atoms with Crippen molar-refractivity contribution < 1.29 is 0 Å². The predicted molar refractivity (Wildman–Crippen MR) is 43.0 cm³/mol. The maximum absolute atomic E-state index is 4.26. The molecule has 0 aliphatic carbocycles. The van der Waals surface area contributed by atoms with Crippen LogP contribution in [0.4, 0.5) is 5.69 Å². The lowest BCUT2D eigenvalue weighted by Gasteiger charge is -1.99. The number of aliphatic imine (C=N–C) groups is 1. The molecule has 1 atom stereocenters. The molecule has 0 amide bonds. The van der Waals surface area contributed by atoms with E-state index in [-0.39, 0.29) is 0 Å². The zero-order valence-corrected chi connectivity index (χ0v) is 5.91. The van der Waals surface area contributed by atoms with Gasteiger partial charge in [-0.2, -0.15) is 0 Å². The SMILES string of the molecule is C[C@H]1C=Nc2ccccc21. The molecule has 1 heterocycles. The van der Waals surface area contributed by atoms with E-state index in [1.165, 1.54) is 5.56 Å². The zero-order valence-electron chi connectivity index (χ0n) is 5.91. The molecule has 0 unspecified atom stereocenters. The van der Waals surface area contributed by atoms with E-state index in [4.69, 9.17) is 0 Å². The van der Waals surface area contributed by atoms with Gasteiger partial charge in [-0.25, -0.2) is 0 Å². The van der Waals surface area contributed by atoms with Crippen molar-refractivity contribution in [2.45, 2.75) is 12.8 Å². The monoisotopic (exact) mass is 131 g/mol. The molecule has 10 heavy (non-hydrogen) atoms. The fraction of sp³-hybridized carbons (Fsp3) is 0.222. The third-order valence-electron chi connectivity index (χ3n) is 1.86. The molecular weight excluding hydrogens is 122 g/mol. The average molecular weight is 131 g/mol. The van der Waals surface area contributed by atoms with Crippen molar-refractivity contribution in [3.8, 4) is 0 Å². The van der Waals surface area contributed by atoms with E-state index in [1.807, 2.05) is 12.3 Å². The largest absolute Gasteiger partial charge is 0.260 e. The summed E-state index contributed by atoms with van der Waals surface area (Å²) >= 11 is 0. The first-order valence-electron chi connectivity index (χ1n) is 3.51. The molecule has 1 nitrogen and oxygen atoms in total. The van der Waals surface area contributed by atoms with Gasteiger partial charge in [-0.1, -0.05) is 25.1 Å². The summed E-state index contributed by atoms with van der Waals surface area (Å²) in [5.74, 6) is 0.510. The Bertz CT molecular complexity index is 276. The third kappa shape index (κ3) is 0.670. The Morgan fingerprint density at radius 3 is 2.90 bits per heavy atom. The fourth-order valence-corrected chi connectivity index (χ4v) is 1.26. The molecule has 1 aliphatic rings. The van der Waals surface area contributed by atoms with Crippen molar-refractivity contribution in [3.05, 3.63) is 29.8 Å². The van der Waals surface area contributed by atoms with Crippen LogP contribution in [0, 0.1) is 0 Å². The molecule has 0 saturated heterocycles. The van der Waals surface area contributed by atoms with E-state index in [2.05, 4.69) is 30.1 Å². The van der Waals surface area contributed by atoms with Crippen LogP contribution >= 0.6 is 0 Å². The van der Waals surface area contributed by atoms with Crippen LogP contribution < -0.4 is 0 Å². The summed E-state index contributed by atoms with van der Waals surface area (Å²) in [6.45, 7) is 2.16. The smallest absolute Gasteiger partial charge is 0.0664 e. The molecule has 0 bridgehead atoms. The summed E-state index contributed by atoms with van der Waals surface area (Å²) in [4.78, 5) is 4.26. The average Bonchev–Trinajstić information content (AvgIpc) is 2.34. The van der Waals surface area contributed by atoms with Crippen molar-refractivity contribution in [2.75, 3.05) is 0 Å². The summed E-state index contributed by atoms with van der Waals surface area (Å²) < 4.78 is 0. The van der Waals surface area contributed by atoms with E-state index < -0.39 is 0 Å². The Balaban J connectivity index is 2.59. The Hall–Kier alpha value is -1.11. The second kappa shape index (κ2) is 1.94. The van der Waals surface area contributed by atoms with E-state index >= 15 is 0 Å². The highest BCUT2D eigenvalue weighted by molar-refractivity contribution is 5.79. The highest BCUT2D eigenvalue weighted by Gasteiger charge is 2.11. The van der Waals surface area contributed by atoms with Crippen LogP contribution in [0.5, 0.6) is 0 Å². The number of hydrogen-bond donors (Lipinski definition) is 0. The number of benzene rings is 1. The lowest BCUT2D eigenvalue weighted by atomic mass is 10.0. The summed E-state index contributed by atoms with van der Waals surface area (Å²) in [6.07, 6.45) is 1.99. The van der Waals surface area contributed by atoms with Crippen LogP contribution in [0.2, 0.25) is 0 Å². The van der Waals surface area contributed by atoms with E-state index in [9.17, 15) is 0 Å². The summed E-state index contributed by atoms with van der Waals surface area (Å²) in [5.41, 5.74) is 2.48. The Morgan fingerprint density at radius 1 is 1.30 bits per heavy atom. The number of rotatable bonds is 0. The molecule has 50 valence electrons. The van der Waals surface area contributed by atoms with Gasteiger partial charge in [0, 0.05) is 12.1 Å². The molecule has 0 fully saturated rings. The van der Waals surface area contributed by atoms with Gasteiger partial charge in [-0.05, 0) is 11.6 Å². The maximum atomic E-state index is 4.26. The van der Waals surface area contributed by atoms with Crippen molar-refractivity contribution in [2.24, 2.45) is 4.99 Å². The molecule has 0 saturated carbocycles. The van der Waals surface area contributed by atoms with Gasteiger partial charge in [0.2, 0.25) is 0 Å². The van der Waals surface area contributed by atoms with Crippen LogP contribution in [0.1, 0.15) is 18.4 Å². The van der Waals surface area contributed by atoms with Gasteiger partial charge in [0.25, 0.3) is 0 Å². The van der Waals surface area contributed by atoms with Crippen molar-refractivity contribution in [1.29, 1.82) is 0 Å². The predicted octanol–water partition coefficient (Wildman–Crippen LogP) is 2.51. The minimum atomic E-state index is 0.510. The highest BCUT2D eigenvalue weighted by Crippen LogP contribution is 2.30. The van der Waals surface area contributed by atoms with Gasteiger partial charge in [0.1, 0.15) is 0 Å². The minimum absolute atomic E-state index is 0.510. The molecule has 2 rings (SSSR count).